The molecule has 2 N–H and O–H groups in total. The first-order chi connectivity index (χ1) is 13.4. The summed E-state index contributed by atoms with van der Waals surface area (Å²) < 4.78 is 39.6. The van der Waals surface area contributed by atoms with Gasteiger partial charge in [-0.05, 0) is 42.5 Å². The van der Waals surface area contributed by atoms with Crippen molar-refractivity contribution in [1.82, 2.24) is 4.31 Å². The molecule has 0 atom stereocenters. The van der Waals surface area contributed by atoms with Crippen molar-refractivity contribution >= 4 is 21.6 Å². The van der Waals surface area contributed by atoms with Crippen LogP contribution in [-0.4, -0.2) is 51.4 Å². The van der Waals surface area contributed by atoms with E-state index in [-0.39, 0.29) is 30.4 Å². The number of nitriles is 1. The maximum absolute atomic E-state index is 13.0. The highest BCUT2D eigenvalue weighted by Crippen LogP contribution is 2.16. The normalized spacial score (nSPS) is 15.7. The molecule has 7 nitrogen and oxygen atoms in total. The summed E-state index contributed by atoms with van der Waals surface area (Å²) in [5.41, 5.74) is 1.02. The van der Waals surface area contributed by atoms with Gasteiger partial charge in [-0.1, -0.05) is 6.07 Å². The van der Waals surface area contributed by atoms with Crippen LogP contribution in [0.25, 0.3) is 0 Å². The van der Waals surface area contributed by atoms with Crippen LogP contribution >= 0.6 is 0 Å². The third-order valence-corrected chi connectivity index (χ3v) is 6.48. The molecule has 0 saturated carbocycles. The number of rotatable bonds is 5. The van der Waals surface area contributed by atoms with Gasteiger partial charge in [0.1, 0.15) is 5.82 Å². The third-order valence-electron chi connectivity index (χ3n) is 4.57. The highest BCUT2D eigenvalue weighted by atomic mass is 32.2. The number of anilines is 1. The van der Waals surface area contributed by atoms with E-state index in [0.29, 0.717) is 24.3 Å². The number of amides is 1. The molecule has 0 unspecified atom stereocenters. The van der Waals surface area contributed by atoms with Gasteiger partial charge in [0, 0.05) is 5.69 Å². The molecule has 0 bridgehead atoms. The second kappa shape index (κ2) is 8.48. The maximum atomic E-state index is 13.0. The van der Waals surface area contributed by atoms with Gasteiger partial charge in [0.15, 0.2) is 6.54 Å². The number of benzene rings is 2. The molecule has 9 heteroatoms. The fraction of sp³-hybridized carbons (Fsp3) is 0.263. The van der Waals surface area contributed by atoms with Crippen LogP contribution in [0.1, 0.15) is 5.56 Å². The second-order valence-electron chi connectivity index (χ2n) is 6.53. The van der Waals surface area contributed by atoms with Gasteiger partial charge in [-0.25, -0.2) is 12.8 Å². The molecular formula is C19H20FN4O3S+. The summed E-state index contributed by atoms with van der Waals surface area (Å²) in [7, 11) is -3.66. The van der Waals surface area contributed by atoms with Crippen molar-refractivity contribution in [2.75, 3.05) is 38.0 Å². The molecular weight excluding hydrogens is 383 g/mol. The predicted molar refractivity (Wildman–Crippen MR) is 101 cm³/mol. The van der Waals surface area contributed by atoms with Crippen LogP contribution < -0.4 is 10.2 Å². The Balaban J connectivity index is 1.54. The van der Waals surface area contributed by atoms with Gasteiger partial charge in [0.25, 0.3) is 5.91 Å². The zero-order valence-corrected chi connectivity index (χ0v) is 15.9. The van der Waals surface area contributed by atoms with Crippen molar-refractivity contribution in [3.8, 4) is 6.07 Å². The molecule has 1 heterocycles. The lowest BCUT2D eigenvalue weighted by molar-refractivity contribution is -0.895. The van der Waals surface area contributed by atoms with Gasteiger partial charge < -0.3 is 10.2 Å². The Hall–Kier alpha value is -2.80. The van der Waals surface area contributed by atoms with Crippen LogP contribution in [0.4, 0.5) is 10.1 Å². The Morgan fingerprint density at radius 1 is 1.18 bits per heavy atom. The van der Waals surface area contributed by atoms with Gasteiger partial charge in [-0.3, -0.25) is 4.79 Å². The molecule has 0 spiro atoms. The van der Waals surface area contributed by atoms with Crippen LogP contribution in [0.2, 0.25) is 0 Å². The largest absolute Gasteiger partial charge is 0.325 e. The molecule has 3 rings (SSSR count). The van der Waals surface area contributed by atoms with E-state index in [1.807, 2.05) is 6.07 Å². The van der Waals surface area contributed by atoms with E-state index < -0.39 is 15.8 Å². The molecule has 0 radical (unpaired) electrons. The maximum Gasteiger partial charge on any atom is 0.279 e. The van der Waals surface area contributed by atoms with Crippen LogP contribution in [0, 0.1) is 17.1 Å². The minimum Gasteiger partial charge on any atom is -0.325 e. The molecule has 1 amide bonds. The smallest absolute Gasteiger partial charge is 0.279 e. The Morgan fingerprint density at radius 2 is 1.86 bits per heavy atom. The first-order valence-electron chi connectivity index (χ1n) is 8.78. The number of nitrogens with one attached hydrogen (secondary N) is 2. The van der Waals surface area contributed by atoms with Gasteiger partial charge in [-0.15, -0.1) is 0 Å². The Morgan fingerprint density at radius 3 is 2.50 bits per heavy atom. The summed E-state index contributed by atoms with van der Waals surface area (Å²) in [4.78, 5) is 13.3. The van der Waals surface area contributed by atoms with Crippen molar-refractivity contribution in [1.29, 1.82) is 5.26 Å². The number of quaternary nitrogens is 1. The number of piperazine rings is 1. The highest BCUT2D eigenvalue weighted by Gasteiger charge is 2.31. The molecule has 2 aromatic rings. The number of halogens is 1. The Bertz CT molecular complexity index is 995. The average Bonchev–Trinajstić information content (AvgIpc) is 2.69. The van der Waals surface area contributed by atoms with Gasteiger partial charge >= 0.3 is 0 Å². The van der Waals surface area contributed by atoms with Crippen molar-refractivity contribution in [2.45, 2.75) is 4.90 Å². The SMILES string of the molecule is N#Cc1cccc(NC(=O)C[NH+]2CCN(S(=O)(=O)c3ccc(F)cc3)CC2)c1. The standard InChI is InChI=1S/C19H19FN4O3S/c20-16-4-6-18(7-5-16)28(26,27)24-10-8-23(9-11-24)14-19(25)22-17-3-1-2-15(12-17)13-21/h1-7,12H,8-11,14H2,(H,22,25)/p+1. The van der Waals surface area contributed by atoms with E-state index in [2.05, 4.69) is 5.32 Å². The molecule has 0 aromatic heterocycles. The fourth-order valence-electron chi connectivity index (χ4n) is 3.07. The molecule has 1 aliphatic heterocycles. The summed E-state index contributed by atoms with van der Waals surface area (Å²) in [6.45, 7) is 1.76. The Labute approximate surface area is 163 Å². The minimum absolute atomic E-state index is 0.0625. The van der Waals surface area contributed by atoms with Gasteiger partial charge in [0.2, 0.25) is 10.0 Å². The number of sulfonamides is 1. The Kier molecular flexibility index (Phi) is 6.04. The van der Waals surface area contributed by atoms with Crippen LogP contribution in [-0.2, 0) is 14.8 Å². The van der Waals surface area contributed by atoms with Gasteiger partial charge in [0.05, 0.1) is 42.7 Å². The fourth-order valence-corrected chi connectivity index (χ4v) is 4.52. The number of hydrogen-bond donors (Lipinski definition) is 2. The predicted octanol–water partition coefficient (Wildman–Crippen LogP) is 0.225. The summed E-state index contributed by atoms with van der Waals surface area (Å²) in [5, 5.41) is 11.7. The van der Waals surface area contributed by atoms with Crippen molar-refractivity contribution < 1.29 is 22.5 Å². The zero-order valence-electron chi connectivity index (χ0n) is 15.1. The first kappa shape index (κ1) is 19.9. The second-order valence-corrected chi connectivity index (χ2v) is 8.46. The van der Waals surface area contributed by atoms with Crippen molar-refractivity contribution in [2.24, 2.45) is 0 Å². The molecule has 0 aliphatic carbocycles. The topological polar surface area (TPSA) is 94.7 Å². The number of nitrogens with zero attached hydrogens (tertiary/aromatic N) is 2. The van der Waals surface area contributed by atoms with Crippen molar-refractivity contribution in [3.05, 3.63) is 59.9 Å². The molecule has 2 aromatic carbocycles. The van der Waals surface area contributed by atoms with E-state index in [4.69, 9.17) is 5.26 Å². The highest BCUT2D eigenvalue weighted by molar-refractivity contribution is 7.89. The summed E-state index contributed by atoms with van der Waals surface area (Å²) in [6.07, 6.45) is 0. The van der Waals surface area contributed by atoms with Crippen LogP contribution in [0.3, 0.4) is 0 Å². The van der Waals surface area contributed by atoms with Gasteiger partial charge in [-0.2, -0.15) is 9.57 Å². The minimum atomic E-state index is -3.66. The van der Waals surface area contributed by atoms with E-state index in [9.17, 15) is 17.6 Å². The summed E-state index contributed by atoms with van der Waals surface area (Å²) >= 11 is 0. The number of carbonyl (C=O) groups excluding carboxylic acids is 1. The summed E-state index contributed by atoms with van der Waals surface area (Å²) in [5.74, 6) is -0.681. The van der Waals surface area contributed by atoms with Crippen molar-refractivity contribution in [3.63, 3.8) is 0 Å². The average molecular weight is 403 g/mol. The monoisotopic (exact) mass is 403 g/mol. The molecule has 28 heavy (non-hydrogen) atoms. The zero-order chi connectivity index (χ0) is 20.1. The number of hydrogen-bond acceptors (Lipinski definition) is 4. The molecule has 146 valence electrons. The van der Waals surface area contributed by atoms with E-state index in [1.165, 1.54) is 16.4 Å². The van der Waals surface area contributed by atoms with E-state index >= 15 is 0 Å². The van der Waals surface area contributed by atoms with Crippen LogP contribution in [0.15, 0.2) is 53.4 Å². The van der Waals surface area contributed by atoms with E-state index in [1.54, 1.807) is 24.3 Å². The lowest BCUT2D eigenvalue weighted by Gasteiger charge is -2.31. The summed E-state index contributed by atoms with van der Waals surface area (Å²) in [6, 6.07) is 13.4. The quantitative estimate of drug-likeness (QED) is 0.747. The molecule has 1 saturated heterocycles. The van der Waals surface area contributed by atoms with Crippen LogP contribution in [0.5, 0.6) is 0 Å². The van der Waals surface area contributed by atoms with E-state index in [0.717, 1.165) is 17.0 Å². The number of carbonyl (C=O) groups is 1. The lowest BCUT2D eigenvalue weighted by Crippen LogP contribution is -3.15. The third kappa shape index (κ3) is 4.72. The molecule has 1 aliphatic rings. The molecule has 1 fully saturated rings. The first-order valence-corrected chi connectivity index (χ1v) is 10.2. The lowest BCUT2D eigenvalue weighted by atomic mass is 10.2.